The fraction of sp³-hybridized carbons (Fsp3) is 0.438. The SMILES string of the molecule is Cc1ccc(-c2c(C)noc2C)cc1S(=O)(=O)N1CCOCC1. The predicted octanol–water partition coefficient (Wildman–Crippen LogP) is 2.29. The topological polar surface area (TPSA) is 72.6 Å². The zero-order valence-corrected chi connectivity index (χ0v) is 14.3. The number of morpholine rings is 1. The first-order chi connectivity index (χ1) is 10.9. The lowest BCUT2D eigenvalue weighted by atomic mass is 10.0. The van der Waals surface area contributed by atoms with Crippen molar-refractivity contribution in [1.82, 2.24) is 9.46 Å². The predicted molar refractivity (Wildman–Crippen MR) is 85.7 cm³/mol. The van der Waals surface area contributed by atoms with Crippen LogP contribution in [-0.4, -0.2) is 44.2 Å². The molecule has 7 heteroatoms. The van der Waals surface area contributed by atoms with Gasteiger partial charge in [0, 0.05) is 18.7 Å². The summed E-state index contributed by atoms with van der Waals surface area (Å²) < 4.78 is 37.8. The third kappa shape index (κ3) is 2.91. The summed E-state index contributed by atoms with van der Waals surface area (Å²) in [5.74, 6) is 0.682. The van der Waals surface area contributed by atoms with Gasteiger partial charge >= 0.3 is 0 Å². The number of hydrogen-bond donors (Lipinski definition) is 0. The standard InChI is InChI=1S/C16H20N2O4S/c1-11-4-5-14(16-12(2)17-22-13(16)3)10-15(11)23(19,20)18-6-8-21-9-7-18/h4-5,10H,6-9H2,1-3H3. The lowest BCUT2D eigenvalue weighted by Gasteiger charge is -2.26. The maximum atomic E-state index is 12.9. The van der Waals surface area contributed by atoms with Crippen molar-refractivity contribution in [1.29, 1.82) is 0 Å². The van der Waals surface area contributed by atoms with E-state index < -0.39 is 10.0 Å². The second-order valence-corrected chi connectivity index (χ2v) is 7.60. The maximum Gasteiger partial charge on any atom is 0.243 e. The molecule has 0 saturated carbocycles. The van der Waals surface area contributed by atoms with E-state index in [1.165, 1.54) is 4.31 Å². The van der Waals surface area contributed by atoms with Gasteiger partial charge in [-0.15, -0.1) is 0 Å². The molecular formula is C16H20N2O4S. The smallest absolute Gasteiger partial charge is 0.243 e. The van der Waals surface area contributed by atoms with Crippen molar-refractivity contribution in [2.24, 2.45) is 0 Å². The molecule has 1 fully saturated rings. The molecule has 2 aromatic rings. The Morgan fingerprint density at radius 3 is 2.43 bits per heavy atom. The van der Waals surface area contributed by atoms with Gasteiger partial charge in [-0.3, -0.25) is 0 Å². The molecule has 0 atom stereocenters. The number of ether oxygens (including phenoxy) is 1. The van der Waals surface area contributed by atoms with Crippen LogP contribution in [0.25, 0.3) is 11.1 Å². The first-order valence-corrected chi connectivity index (χ1v) is 8.97. The molecule has 124 valence electrons. The zero-order valence-electron chi connectivity index (χ0n) is 13.5. The van der Waals surface area contributed by atoms with Crippen molar-refractivity contribution in [3.63, 3.8) is 0 Å². The molecule has 2 heterocycles. The van der Waals surface area contributed by atoms with E-state index in [-0.39, 0.29) is 0 Å². The molecule has 1 aliphatic heterocycles. The van der Waals surface area contributed by atoms with E-state index in [2.05, 4.69) is 5.16 Å². The number of hydrogen-bond acceptors (Lipinski definition) is 5. The monoisotopic (exact) mass is 336 g/mol. The van der Waals surface area contributed by atoms with Gasteiger partial charge in [0.25, 0.3) is 0 Å². The molecule has 0 N–H and O–H groups in total. The Balaban J connectivity index is 2.08. The van der Waals surface area contributed by atoms with Crippen LogP contribution in [0.3, 0.4) is 0 Å². The van der Waals surface area contributed by atoms with E-state index in [1.54, 1.807) is 6.07 Å². The Labute approximate surface area is 136 Å². The fourth-order valence-electron chi connectivity index (χ4n) is 2.85. The molecule has 1 saturated heterocycles. The van der Waals surface area contributed by atoms with Crippen LogP contribution < -0.4 is 0 Å². The normalized spacial score (nSPS) is 16.7. The Morgan fingerprint density at radius 1 is 1.13 bits per heavy atom. The molecule has 0 bridgehead atoms. The Kier molecular flexibility index (Phi) is 4.27. The average Bonchev–Trinajstić information content (AvgIpc) is 2.88. The third-order valence-electron chi connectivity index (χ3n) is 4.10. The van der Waals surface area contributed by atoms with Gasteiger partial charge in [0.2, 0.25) is 10.0 Å². The minimum Gasteiger partial charge on any atom is -0.379 e. The largest absolute Gasteiger partial charge is 0.379 e. The summed E-state index contributed by atoms with van der Waals surface area (Å²) in [7, 11) is -3.53. The number of benzene rings is 1. The van der Waals surface area contributed by atoms with Gasteiger partial charge in [-0.25, -0.2) is 8.42 Å². The molecule has 3 rings (SSSR count). The Hall–Kier alpha value is -1.70. The molecule has 0 spiro atoms. The highest BCUT2D eigenvalue weighted by atomic mass is 32.2. The van der Waals surface area contributed by atoms with Crippen LogP contribution in [0.15, 0.2) is 27.6 Å². The van der Waals surface area contributed by atoms with Crippen LogP contribution in [0, 0.1) is 20.8 Å². The lowest BCUT2D eigenvalue weighted by molar-refractivity contribution is 0.0730. The average molecular weight is 336 g/mol. The zero-order chi connectivity index (χ0) is 16.6. The number of aryl methyl sites for hydroxylation is 3. The Morgan fingerprint density at radius 2 is 1.83 bits per heavy atom. The first-order valence-electron chi connectivity index (χ1n) is 7.53. The molecule has 1 aromatic carbocycles. The van der Waals surface area contributed by atoms with Crippen LogP contribution >= 0.6 is 0 Å². The summed E-state index contributed by atoms with van der Waals surface area (Å²) in [5, 5.41) is 3.95. The van der Waals surface area contributed by atoms with Crippen LogP contribution in [0.2, 0.25) is 0 Å². The van der Waals surface area contributed by atoms with Gasteiger partial charge in [0.1, 0.15) is 5.76 Å². The van der Waals surface area contributed by atoms with Gasteiger partial charge in [0.15, 0.2) is 0 Å². The van der Waals surface area contributed by atoms with Gasteiger partial charge in [0.05, 0.1) is 23.8 Å². The van der Waals surface area contributed by atoms with E-state index in [1.807, 2.05) is 32.9 Å². The first kappa shape index (κ1) is 16.2. The van der Waals surface area contributed by atoms with E-state index in [4.69, 9.17) is 9.26 Å². The maximum absolute atomic E-state index is 12.9. The number of rotatable bonds is 3. The van der Waals surface area contributed by atoms with Crippen LogP contribution in [0.1, 0.15) is 17.0 Å². The van der Waals surface area contributed by atoms with E-state index in [0.717, 1.165) is 22.4 Å². The van der Waals surface area contributed by atoms with Gasteiger partial charge < -0.3 is 9.26 Å². The lowest BCUT2D eigenvalue weighted by Crippen LogP contribution is -2.40. The van der Waals surface area contributed by atoms with Crippen LogP contribution in [0.5, 0.6) is 0 Å². The number of nitrogens with zero attached hydrogens (tertiary/aromatic N) is 2. The van der Waals surface area contributed by atoms with Crippen molar-refractivity contribution in [3.8, 4) is 11.1 Å². The van der Waals surface area contributed by atoms with E-state index in [0.29, 0.717) is 37.0 Å². The molecule has 0 radical (unpaired) electrons. The van der Waals surface area contributed by atoms with Crippen molar-refractivity contribution < 1.29 is 17.7 Å². The second-order valence-electron chi connectivity index (χ2n) is 5.70. The fourth-order valence-corrected chi connectivity index (χ4v) is 4.51. The van der Waals surface area contributed by atoms with Crippen molar-refractivity contribution >= 4 is 10.0 Å². The van der Waals surface area contributed by atoms with Gasteiger partial charge in [-0.1, -0.05) is 17.3 Å². The number of aromatic nitrogens is 1. The summed E-state index contributed by atoms with van der Waals surface area (Å²) in [6, 6.07) is 5.45. The molecule has 0 aliphatic carbocycles. The van der Waals surface area contributed by atoms with Crippen LogP contribution in [0.4, 0.5) is 0 Å². The van der Waals surface area contributed by atoms with Crippen LogP contribution in [-0.2, 0) is 14.8 Å². The highest BCUT2D eigenvalue weighted by Gasteiger charge is 2.28. The van der Waals surface area contributed by atoms with Crippen molar-refractivity contribution in [2.45, 2.75) is 25.7 Å². The molecule has 1 aromatic heterocycles. The van der Waals surface area contributed by atoms with Crippen molar-refractivity contribution in [2.75, 3.05) is 26.3 Å². The second kappa shape index (κ2) is 6.07. The highest BCUT2D eigenvalue weighted by Crippen LogP contribution is 2.31. The molecule has 0 amide bonds. The molecule has 0 unspecified atom stereocenters. The van der Waals surface area contributed by atoms with Crippen molar-refractivity contribution in [3.05, 3.63) is 35.2 Å². The number of sulfonamides is 1. The van der Waals surface area contributed by atoms with E-state index in [9.17, 15) is 8.42 Å². The quantitative estimate of drug-likeness (QED) is 0.860. The molecule has 6 nitrogen and oxygen atoms in total. The highest BCUT2D eigenvalue weighted by molar-refractivity contribution is 7.89. The van der Waals surface area contributed by atoms with Gasteiger partial charge in [-0.05, 0) is 38.0 Å². The van der Waals surface area contributed by atoms with E-state index >= 15 is 0 Å². The third-order valence-corrected chi connectivity index (χ3v) is 6.14. The minimum absolute atomic E-state index is 0.330. The molecular weight excluding hydrogens is 316 g/mol. The molecule has 23 heavy (non-hydrogen) atoms. The summed E-state index contributed by atoms with van der Waals surface area (Å²) in [5.41, 5.74) is 3.13. The Bertz CT molecular complexity index is 801. The van der Waals surface area contributed by atoms with Gasteiger partial charge in [-0.2, -0.15) is 4.31 Å². The summed E-state index contributed by atoms with van der Waals surface area (Å²) in [6.45, 7) is 7.12. The summed E-state index contributed by atoms with van der Waals surface area (Å²) in [4.78, 5) is 0.330. The minimum atomic E-state index is -3.53. The summed E-state index contributed by atoms with van der Waals surface area (Å²) >= 11 is 0. The summed E-state index contributed by atoms with van der Waals surface area (Å²) in [6.07, 6.45) is 0. The molecule has 1 aliphatic rings.